The number of ether oxygens (including phenoxy) is 2. The van der Waals surface area contributed by atoms with Crippen LogP contribution in [-0.2, 0) is 43.7 Å². The van der Waals surface area contributed by atoms with Crippen LogP contribution in [0.15, 0.2) is 72.8 Å². The molecule has 288 valence electrons. The largest absolute Gasteiger partial charge is 0.491 e. The van der Waals surface area contributed by atoms with Gasteiger partial charge in [-0.3, -0.25) is 18.7 Å². The second-order valence-electron chi connectivity index (χ2n) is 14.2. The maximum atomic E-state index is 13.9. The summed E-state index contributed by atoms with van der Waals surface area (Å²) in [5.74, 6) is -1.18. The number of fused-ring (bicyclic) bond motifs is 4. The summed E-state index contributed by atoms with van der Waals surface area (Å²) in [4.78, 5) is 40.6. The highest BCUT2D eigenvalue weighted by Crippen LogP contribution is 2.25. The molecule has 4 N–H and O–H groups in total. The Morgan fingerprint density at radius 3 is 2.32 bits per heavy atom. The molecule has 4 bridgehead atoms. The molecule has 0 fully saturated rings. The van der Waals surface area contributed by atoms with Gasteiger partial charge in [0.2, 0.25) is 21.8 Å². The molecular weight excluding hydrogens is 697 g/mol. The topological polar surface area (TPSA) is 163 Å². The van der Waals surface area contributed by atoms with Gasteiger partial charge in [0.25, 0.3) is 5.91 Å². The van der Waals surface area contributed by atoms with Gasteiger partial charge in [0, 0.05) is 32.7 Å². The molecule has 3 aromatic carbocycles. The highest BCUT2D eigenvalue weighted by Gasteiger charge is 2.33. The SMILES string of the molecule is CO[C@H](C[C@H](O)[C@@H]1COc2cccc(c2)CCCCc2cc(cc(N(C)S(=O)(=O)C(C)C)c2)C(=O)N1)C(=O)N[C@H](C(=O)NCc1ccccc1)C(C)C. The number of aryl methyl sites for hydroxylation is 2. The number of sulfonamides is 1. The van der Waals surface area contributed by atoms with Crippen molar-refractivity contribution in [2.24, 2.45) is 5.92 Å². The van der Waals surface area contributed by atoms with Crippen LogP contribution >= 0.6 is 0 Å². The Balaban J connectivity index is 1.57. The highest BCUT2D eigenvalue weighted by molar-refractivity contribution is 7.93. The molecule has 1 aliphatic rings. The number of anilines is 1. The lowest BCUT2D eigenvalue weighted by Gasteiger charge is -2.29. The van der Waals surface area contributed by atoms with Crippen LogP contribution in [0, 0.1) is 5.92 Å². The van der Waals surface area contributed by atoms with E-state index in [1.54, 1.807) is 32.0 Å². The Kier molecular flexibility index (Phi) is 14.8. The number of hydrogen-bond donors (Lipinski definition) is 4. The van der Waals surface area contributed by atoms with Gasteiger partial charge in [-0.15, -0.1) is 0 Å². The van der Waals surface area contributed by atoms with Gasteiger partial charge < -0.3 is 30.5 Å². The summed E-state index contributed by atoms with van der Waals surface area (Å²) in [7, 11) is -0.875. The second-order valence-corrected chi connectivity index (χ2v) is 16.7. The predicted octanol–water partition coefficient (Wildman–Crippen LogP) is 4.14. The standard InChI is InChI=1S/C40H54N4O8S/c1-26(2)37(40(48)41-24-29-14-8-7-9-15-29)43-39(47)36(51-6)23-35(45)34-25-52-33-18-12-17-28(21-33)13-10-11-16-30-19-31(38(46)42-34)22-32(20-30)44(5)53(49,50)27(3)4/h7-9,12,14-15,17-22,26-27,34-37,45H,10-11,13,16,23-25H2,1-6H3,(H,41,48)(H,42,46)(H,43,47)/t34-,35-,36+,37-/m0/s1. The highest BCUT2D eigenvalue weighted by atomic mass is 32.2. The van der Waals surface area contributed by atoms with E-state index >= 15 is 0 Å². The number of nitrogens with one attached hydrogen (secondary N) is 3. The first-order valence-corrected chi connectivity index (χ1v) is 19.7. The number of benzene rings is 3. The van der Waals surface area contributed by atoms with Gasteiger partial charge in [0.05, 0.1) is 23.1 Å². The van der Waals surface area contributed by atoms with Gasteiger partial charge >= 0.3 is 0 Å². The Morgan fingerprint density at radius 1 is 0.962 bits per heavy atom. The third-order valence-electron chi connectivity index (χ3n) is 9.46. The van der Waals surface area contributed by atoms with E-state index < -0.39 is 51.4 Å². The van der Waals surface area contributed by atoms with E-state index in [9.17, 15) is 27.9 Å². The number of rotatable bonds is 13. The fourth-order valence-corrected chi connectivity index (χ4v) is 7.13. The Morgan fingerprint density at radius 2 is 1.66 bits per heavy atom. The van der Waals surface area contributed by atoms with Crippen molar-refractivity contribution in [2.45, 2.75) is 95.9 Å². The number of methoxy groups -OCH3 is 1. The van der Waals surface area contributed by atoms with Crippen molar-refractivity contribution in [1.82, 2.24) is 16.0 Å². The molecule has 3 aromatic rings. The van der Waals surface area contributed by atoms with E-state index in [0.29, 0.717) is 24.4 Å². The van der Waals surface area contributed by atoms with Crippen molar-refractivity contribution in [3.8, 4) is 5.75 Å². The monoisotopic (exact) mass is 750 g/mol. The van der Waals surface area contributed by atoms with Gasteiger partial charge in [-0.05, 0) is 92.5 Å². The fraction of sp³-hybridized carbons (Fsp3) is 0.475. The van der Waals surface area contributed by atoms with E-state index in [2.05, 4.69) is 16.0 Å². The van der Waals surface area contributed by atoms with Gasteiger partial charge in [0.1, 0.15) is 24.5 Å². The number of carbonyl (C=O) groups is 3. The maximum absolute atomic E-state index is 13.9. The summed E-state index contributed by atoms with van der Waals surface area (Å²) in [6.45, 7) is 6.99. The molecule has 0 spiro atoms. The molecule has 4 rings (SSSR count). The van der Waals surface area contributed by atoms with Gasteiger partial charge in [-0.25, -0.2) is 8.42 Å². The van der Waals surface area contributed by atoms with Crippen LogP contribution in [-0.4, -0.2) is 81.6 Å². The zero-order valence-electron chi connectivity index (χ0n) is 31.5. The molecular formula is C40H54N4O8S. The molecule has 1 aliphatic heterocycles. The van der Waals surface area contributed by atoms with Crippen molar-refractivity contribution in [2.75, 3.05) is 25.1 Å². The Bertz CT molecular complexity index is 1800. The molecule has 3 amide bonds. The molecule has 12 nitrogen and oxygen atoms in total. The van der Waals surface area contributed by atoms with Crippen molar-refractivity contribution < 1.29 is 37.4 Å². The van der Waals surface area contributed by atoms with Gasteiger partial charge in [-0.1, -0.05) is 56.3 Å². The quantitative estimate of drug-likeness (QED) is 0.203. The fourth-order valence-electron chi connectivity index (χ4n) is 6.10. The van der Waals surface area contributed by atoms with Crippen LogP contribution in [0.1, 0.15) is 74.0 Å². The van der Waals surface area contributed by atoms with Crippen molar-refractivity contribution >= 4 is 33.4 Å². The van der Waals surface area contributed by atoms with Crippen LogP contribution in [0.25, 0.3) is 0 Å². The molecule has 1 heterocycles. The van der Waals surface area contributed by atoms with Gasteiger partial charge in [-0.2, -0.15) is 0 Å². The minimum atomic E-state index is -3.68. The van der Waals surface area contributed by atoms with Crippen LogP contribution in [0.3, 0.4) is 0 Å². The van der Waals surface area contributed by atoms with Crippen molar-refractivity contribution in [1.29, 1.82) is 0 Å². The number of nitrogens with zero attached hydrogens (tertiary/aromatic N) is 1. The number of hydrogen-bond acceptors (Lipinski definition) is 8. The molecule has 0 saturated heterocycles. The summed E-state index contributed by atoms with van der Waals surface area (Å²) in [5.41, 5.74) is 3.36. The zero-order chi connectivity index (χ0) is 38.7. The normalized spacial score (nSPS) is 17.0. The molecule has 4 atom stereocenters. The molecule has 53 heavy (non-hydrogen) atoms. The van der Waals surface area contributed by atoms with Crippen LogP contribution in [0.2, 0.25) is 0 Å². The summed E-state index contributed by atoms with van der Waals surface area (Å²) in [6.07, 6.45) is 0.361. The maximum Gasteiger partial charge on any atom is 0.251 e. The summed E-state index contributed by atoms with van der Waals surface area (Å²) < 4.78 is 39.0. The van der Waals surface area contributed by atoms with E-state index in [1.807, 2.05) is 62.4 Å². The van der Waals surface area contributed by atoms with Gasteiger partial charge in [0.15, 0.2) is 0 Å². The molecule has 0 radical (unpaired) electrons. The summed E-state index contributed by atoms with van der Waals surface area (Å²) >= 11 is 0. The summed E-state index contributed by atoms with van der Waals surface area (Å²) in [5, 5.41) is 19.4. The van der Waals surface area contributed by atoms with Crippen LogP contribution in [0.5, 0.6) is 5.75 Å². The van der Waals surface area contributed by atoms with E-state index in [0.717, 1.165) is 36.0 Å². The zero-order valence-corrected chi connectivity index (χ0v) is 32.3. The number of carbonyl (C=O) groups excluding carboxylic acids is 3. The number of amides is 3. The molecule has 13 heteroatoms. The third-order valence-corrected chi connectivity index (χ3v) is 11.6. The Hall–Kier alpha value is -4.46. The molecule has 0 aliphatic carbocycles. The van der Waals surface area contributed by atoms with Crippen molar-refractivity contribution in [3.63, 3.8) is 0 Å². The average Bonchev–Trinajstić information content (AvgIpc) is 3.14. The first kappa shape index (κ1) is 41.3. The summed E-state index contributed by atoms with van der Waals surface area (Å²) in [6, 6.07) is 20.2. The molecule has 0 aromatic heterocycles. The lowest BCUT2D eigenvalue weighted by atomic mass is 10.00. The van der Waals surface area contributed by atoms with E-state index in [1.165, 1.54) is 24.5 Å². The van der Waals surface area contributed by atoms with Crippen LogP contribution < -0.4 is 25.0 Å². The minimum absolute atomic E-state index is 0.140. The van der Waals surface area contributed by atoms with E-state index in [-0.39, 0.29) is 30.4 Å². The second kappa shape index (κ2) is 19.0. The minimum Gasteiger partial charge on any atom is -0.491 e. The lowest BCUT2D eigenvalue weighted by molar-refractivity contribution is -0.137. The average molecular weight is 751 g/mol. The third kappa shape index (κ3) is 11.5. The number of aliphatic hydroxyl groups excluding tert-OH is 1. The van der Waals surface area contributed by atoms with Crippen molar-refractivity contribution in [3.05, 3.63) is 95.1 Å². The number of aliphatic hydroxyl groups is 1. The smallest absolute Gasteiger partial charge is 0.251 e. The van der Waals surface area contributed by atoms with E-state index in [4.69, 9.17) is 9.47 Å². The molecule has 0 saturated carbocycles. The molecule has 0 unspecified atom stereocenters. The predicted molar refractivity (Wildman–Crippen MR) is 205 cm³/mol. The first-order chi connectivity index (χ1) is 25.2. The Labute approximate surface area is 313 Å². The lowest BCUT2D eigenvalue weighted by Crippen LogP contribution is -2.54. The first-order valence-electron chi connectivity index (χ1n) is 18.2. The van der Waals surface area contributed by atoms with Crippen LogP contribution in [0.4, 0.5) is 5.69 Å².